The van der Waals surface area contributed by atoms with Crippen LogP contribution in [0.3, 0.4) is 0 Å². The summed E-state index contributed by atoms with van der Waals surface area (Å²) in [6, 6.07) is 14.9. The van der Waals surface area contributed by atoms with E-state index in [0.717, 1.165) is 17.9 Å². The van der Waals surface area contributed by atoms with E-state index in [-0.39, 0.29) is 0 Å². The van der Waals surface area contributed by atoms with Crippen LogP contribution in [0.4, 0.5) is 0 Å². The number of aryl methyl sites for hydroxylation is 1. The van der Waals surface area contributed by atoms with Gasteiger partial charge >= 0.3 is 0 Å². The van der Waals surface area contributed by atoms with Crippen molar-refractivity contribution in [2.45, 2.75) is 26.4 Å². The van der Waals surface area contributed by atoms with E-state index in [9.17, 15) is 0 Å². The van der Waals surface area contributed by atoms with Crippen molar-refractivity contribution in [3.8, 4) is 0 Å². The van der Waals surface area contributed by atoms with Crippen LogP contribution < -0.4 is 5.32 Å². The zero-order chi connectivity index (χ0) is 13.9. The molecular weight excluding hydrogens is 246 g/mol. The summed E-state index contributed by atoms with van der Waals surface area (Å²) < 4.78 is 2.05. The Labute approximate surface area is 119 Å². The molecule has 0 saturated carbocycles. The molecule has 3 heteroatoms. The highest BCUT2D eigenvalue weighted by atomic mass is 15.0. The molecule has 3 rings (SSSR count). The van der Waals surface area contributed by atoms with E-state index in [1.54, 1.807) is 0 Å². The van der Waals surface area contributed by atoms with E-state index >= 15 is 0 Å². The highest BCUT2D eigenvalue weighted by Gasteiger charge is 2.08. The van der Waals surface area contributed by atoms with Crippen molar-refractivity contribution < 1.29 is 0 Å². The summed E-state index contributed by atoms with van der Waals surface area (Å²) in [5, 5.41) is 3.54. The van der Waals surface area contributed by atoms with E-state index in [0.29, 0.717) is 6.04 Å². The fraction of sp³-hybridized carbons (Fsp3) is 0.235. The Morgan fingerprint density at radius 3 is 2.75 bits per heavy atom. The second kappa shape index (κ2) is 5.47. The number of aromatic nitrogens is 2. The van der Waals surface area contributed by atoms with Crippen molar-refractivity contribution in [3.63, 3.8) is 0 Å². The normalized spacial score (nSPS) is 12.7. The molecule has 2 heterocycles. The number of rotatable bonds is 4. The molecule has 0 aliphatic rings. The maximum atomic E-state index is 4.60. The first-order valence-electron chi connectivity index (χ1n) is 6.95. The summed E-state index contributed by atoms with van der Waals surface area (Å²) >= 11 is 0. The molecule has 0 unspecified atom stereocenters. The van der Waals surface area contributed by atoms with E-state index in [2.05, 4.69) is 59.0 Å². The molecule has 0 saturated heterocycles. The van der Waals surface area contributed by atoms with E-state index < -0.39 is 0 Å². The largest absolute Gasteiger partial charge is 0.307 e. The maximum Gasteiger partial charge on any atom is 0.137 e. The summed E-state index contributed by atoms with van der Waals surface area (Å²) in [5.41, 5.74) is 4.73. The molecule has 0 amide bonds. The Kier molecular flexibility index (Phi) is 3.52. The Hall–Kier alpha value is -2.13. The standard InChI is InChI=1S/C17H19N3/c1-13-7-3-4-8-16(13)14(2)18-11-15-12-20-10-6-5-9-17(20)19-15/h3-10,12,14,18H,11H2,1-2H3/t14-/m0/s1. The molecule has 2 aromatic heterocycles. The molecule has 1 atom stereocenters. The molecule has 1 N–H and O–H groups in total. The number of nitrogens with one attached hydrogen (secondary N) is 1. The summed E-state index contributed by atoms with van der Waals surface area (Å²) in [6.45, 7) is 5.12. The van der Waals surface area contributed by atoms with Gasteiger partial charge in [-0.25, -0.2) is 4.98 Å². The summed E-state index contributed by atoms with van der Waals surface area (Å²) in [4.78, 5) is 4.60. The van der Waals surface area contributed by atoms with Gasteiger partial charge in [0.2, 0.25) is 0 Å². The van der Waals surface area contributed by atoms with Crippen molar-refractivity contribution in [1.29, 1.82) is 0 Å². The average Bonchev–Trinajstić information content (AvgIpc) is 2.88. The fourth-order valence-corrected chi connectivity index (χ4v) is 2.51. The quantitative estimate of drug-likeness (QED) is 0.782. The van der Waals surface area contributed by atoms with Crippen LogP contribution in [-0.2, 0) is 6.54 Å². The first kappa shape index (κ1) is 12.9. The topological polar surface area (TPSA) is 29.3 Å². The van der Waals surface area contributed by atoms with Crippen LogP contribution in [0.15, 0.2) is 54.9 Å². The molecule has 0 spiro atoms. The van der Waals surface area contributed by atoms with Crippen LogP contribution in [0, 0.1) is 6.92 Å². The number of hydrogen-bond donors (Lipinski definition) is 1. The third-order valence-electron chi connectivity index (χ3n) is 3.66. The Balaban J connectivity index is 1.71. The van der Waals surface area contributed by atoms with Crippen LogP contribution in [0.1, 0.15) is 29.8 Å². The Bertz CT molecular complexity index is 682. The molecule has 0 aliphatic carbocycles. The maximum absolute atomic E-state index is 4.60. The summed E-state index contributed by atoms with van der Waals surface area (Å²) in [5.74, 6) is 0. The number of fused-ring (bicyclic) bond motifs is 1. The van der Waals surface area contributed by atoms with Crippen LogP contribution in [0.25, 0.3) is 5.65 Å². The predicted molar refractivity (Wildman–Crippen MR) is 81.6 cm³/mol. The van der Waals surface area contributed by atoms with Gasteiger partial charge < -0.3 is 9.72 Å². The van der Waals surface area contributed by atoms with Gasteiger partial charge in [0.05, 0.1) is 5.69 Å². The molecule has 1 aromatic carbocycles. The lowest BCUT2D eigenvalue weighted by Gasteiger charge is -2.15. The summed E-state index contributed by atoms with van der Waals surface area (Å²) in [7, 11) is 0. The van der Waals surface area contributed by atoms with Crippen LogP contribution >= 0.6 is 0 Å². The lowest BCUT2D eigenvalue weighted by molar-refractivity contribution is 0.567. The van der Waals surface area contributed by atoms with Crippen LogP contribution in [0.2, 0.25) is 0 Å². The van der Waals surface area contributed by atoms with Gasteiger partial charge in [0.1, 0.15) is 5.65 Å². The SMILES string of the molecule is Cc1ccccc1[C@H](C)NCc1cn2ccccc2n1. The van der Waals surface area contributed by atoms with Gasteiger partial charge in [-0.1, -0.05) is 30.3 Å². The number of hydrogen-bond acceptors (Lipinski definition) is 2. The summed E-state index contributed by atoms with van der Waals surface area (Å²) in [6.07, 6.45) is 4.10. The van der Waals surface area contributed by atoms with Crippen molar-refractivity contribution in [1.82, 2.24) is 14.7 Å². The minimum Gasteiger partial charge on any atom is -0.307 e. The van der Waals surface area contributed by atoms with Crippen molar-refractivity contribution >= 4 is 5.65 Å². The van der Waals surface area contributed by atoms with Crippen LogP contribution in [0.5, 0.6) is 0 Å². The minimum atomic E-state index is 0.320. The number of benzene rings is 1. The highest BCUT2D eigenvalue weighted by Crippen LogP contribution is 2.17. The third-order valence-corrected chi connectivity index (χ3v) is 3.66. The van der Waals surface area contributed by atoms with Gasteiger partial charge in [0, 0.05) is 25.0 Å². The zero-order valence-corrected chi connectivity index (χ0v) is 11.9. The fourth-order valence-electron chi connectivity index (χ4n) is 2.51. The lowest BCUT2D eigenvalue weighted by atomic mass is 10.0. The Morgan fingerprint density at radius 2 is 1.95 bits per heavy atom. The molecule has 3 aromatic rings. The molecule has 0 radical (unpaired) electrons. The number of nitrogens with zero attached hydrogens (tertiary/aromatic N) is 2. The van der Waals surface area contributed by atoms with Gasteiger partial charge in [0.25, 0.3) is 0 Å². The van der Waals surface area contributed by atoms with Crippen molar-refractivity contribution in [2.75, 3.05) is 0 Å². The molecule has 3 nitrogen and oxygen atoms in total. The number of pyridine rings is 1. The van der Waals surface area contributed by atoms with E-state index in [1.807, 2.05) is 24.4 Å². The zero-order valence-electron chi connectivity index (χ0n) is 11.9. The van der Waals surface area contributed by atoms with Gasteiger partial charge in [-0.15, -0.1) is 0 Å². The second-order valence-electron chi connectivity index (χ2n) is 5.16. The lowest BCUT2D eigenvalue weighted by Crippen LogP contribution is -2.19. The van der Waals surface area contributed by atoms with E-state index in [4.69, 9.17) is 0 Å². The van der Waals surface area contributed by atoms with Crippen molar-refractivity contribution in [3.05, 3.63) is 71.7 Å². The first-order valence-corrected chi connectivity index (χ1v) is 6.95. The smallest absolute Gasteiger partial charge is 0.137 e. The molecule has 0 bridgehead atoms. The third kappa shape index (κ3) is 2.58. The molecule has 0 fully saturated rings. The molecular formula is C17H19N3. The van der Waals surface area contributed by atoms with Crippen molar-refractivity contribution in [2.24, 2.45) is 0 Å². The molecule has 102 valence electrons. The number of imidazole rings is 1. The van der Waals surface area contributed by atoms with Gasteiger partial charge in [-0.05, 0) is 37.1 Å². The van der Waals surface area contributed by atoms with Gasteiger partial charge in [-0.2, -0.15) is 0 Å². The van der Waals surface area contributed by atoms with Gasteiger partial charge in [0.15, 0.2) is 0 Å². The second-order valence-corrected chi connectivity index (χ2v) is 5.16. The van der Waals surface area contributed by atoms with Gasteiger partial charge in [-0.3, -0.25) is 0 Å². The minimum absolute atomic E-state index is 0.320. The highest BCUT2D eigenvalue weighted by molar-refractivity contribution is 5.39. The van der Waals surface area contributed by atoms with E-state index in [1.165, 1.54) is 11.1 Å². The average molecular weight is 265 g/mol. The van der Waals surface area contributed by atoms with Crippen LogP contribution in [-0.4, -0.2) is 9.38 Å². The Morgan fingerprint density at radius 1 is 1.15 bits per heavy atom. The predicted octanol–water partition coefficient (Wildman–Crippen LogP) is 3.49. The molecule has 20 heavy (non-hydrogen) atoms. The molecule has 0 aliphatic heterocycles. The monoisotopic (exact) mass is 265 g/mol. The first-order chi connectivity index (χ1) is 9.74.